The fourth-order valence-corrected chi connectivity index (χ4v) is 5.59. The van der Waals surface area contributed by atoms with Crippen molar-refractivity contribution in [1.29, 1.82) is 0 Å². The van der Waals surface area contributed by atoms with Crippen LogP contribution in [0.4, 0.5) is 0 Å². The zero-order valence-electron chi connectivity index (χ0n) is 18.2. The lowest BCUT2D eigenvalue weighted by atomic mass is 10.0. The van der Waals surface area contributed by atoms with Crippen molar-refractivity contribution in [3.05, 3.63) is 73.6 Å². The largest absolute Gasteiger partial charge is 0.491 e. The van der Waals surface area contributed by atoms with Crippen molar-refractivity contribution in [2.75, 3.05) is 40.0 Å². The van der Waals surface area contributed by atoms with E-state index in [9.17, 15) is 9.59 Å². The minimum Gasteiger partial charge on any atom is -0.491 e. The molecule has 9 heteroatoms. The zero-order valence-corrected chi connectivity index (χ0v) is 20.6. The van der Waals surface area contributed by atoms with Gasteiger partial charge >= 0.3 is 0 Å². The Balaban J connectivity index is 1.50. The molecule has 1 aliphatic rings. The molecule has 2 amide bonds. The molecule has 1 aromatic carbocycles. The molecule has 0 saturated carbocycles. The van der Waals surface area contributed by atoms with Crippen molar-refractivity contribution in [3.63, 3.8) is 0 Å². The minimum atomic E-state index is -0.218. The normalized spacial score (nSPS) is 15.2. The van der Waals surface area contributed by atoms with E-state index >= 15 is 0 Å². The van der Waals surface area contributed by atoms with Gasteiger partial charge in [-0.1, -0.05) is 17.7 Å². The molecule has 4 rings (SSSR count). The Kier molecular flexibility index (Phi) is 8.03. The topological polar surface area (TPSA) is 59.1 Å². The number of fused-ring (bicyclic) bond motifs is 1. The van der Waals surface area contributed by atoms with Crippen LogP contribution in [-0.2, 0) is 16.0 Å². The van der Waals surface area contributed by atoms with Crippen molar-refractivity contribution < 1.29 is 19.1 Å². The van der Waals surface area contributed by atoms with E-state index in [0.29, 0.717) is 42.0 Å². The average molecular weight is 505 g/mol. The zero-order chi connectivity index (χ0) is 23.2. The Morgan fingerprint density at radius 3 is 2.70 bits per heavy atom. The highest BCUT2D eigenvalue weighted by molar-refractivity contribution is 7.12. The summed E-state index contributed by atoms with van der Waals surface area (Å²) in [7, 11) is 1.59. The summed E-state index contributed by atoms with van der Waals surface area (Å²) < 4.78 is 11.2. The van der Waals surface area contributed by atoms with Crippen molar-refractivity contribution >= 4 is 46.1 Å². The van der Waals surface area contributed by atoms with Crippen LogP contribution in [0.25, 0.3) is 0 Å². The van der Waals surface area contributed by atoms with Crippen LogP contribution >= 0.6 is 34.3 Å². The standard InChI is InChI=1S/C24H25ClN2O4S2/c1-30-12-11-26(24(29)22-3-2-13-32-22)15-23(28)27-10-8-21-19(9-14-33-21)20(27)16-31-18-6-4-17(25)5-7-18/h2-7,9,13-14,20H,8,10-12,15-16H2,1H3/t20-/m1/s1. The molecule has 1 aliphatic heterocycles. The van der Waals surface area contributed by atoms with E-state index in [1.807, 2.05) is 28.5 Å². The number of ether oxygens (including phenoxy) is 2. The first-order chi connectivity index (χ1) is 16.1. The van der Waals surface area contributed by atoms with E-state index in [0.717, 1.165) is 12.0 Å². The summed E-state index contributed by atoms with van der Waals surface area (Å²) >= 11 is 9.05. The summed E-state index contributed by atoms with van der Waals surface area (Å²) in [6.07, 6.45) is 0.799. The molecule has 0 radical (unpaired) electrons. The molecule has 1 atom stereocenters. The number of amides is 2. The maximum atomic E-state index is 13.5. The van der Waals surface area contributed by atoms with Gasteiger partial charge in [0.05, 0.1) is 17.5 Å². The van der Waals surface area contributed by atoms with Gasteiger partial charge in [-0.25, -0.2) is 0 Å². The van der Waals surface area contributed by atoms with Gasteiger partial charge in [0.2, 0.25) is 5.91 Å². The van der Waals surface area contributed by atoms with Crippen LogP contribution in [0, 0.1) is 0 Å². The van der Waals surface area contributed by atoms with Crippen LogP contribution in [0.3, 0.4) is 0 Å². The molecule has 0 bridgehead atoms. The van der Waals surface area contributed by atoms with Crippen LogP contribution < -0.4 is 4.74 Å². The van der Waals surface area contributed by atoms with Gasteiger partial charge in [0.25, 0.3) is 5.91 Å². The molecule has 0 aliphatic carbocycles. The molecule has 0 unspecified atom stereocenters. The SMILES string of the molecule is COCCN(CC(=O)N1CCc2sccc2[C@H]1COc1ccc(Cl)cc1)C(=O)c1cccs1. The highest BCUT2D eigenvalue weighted by Crippen LogP contribution is 2.34. The molecule has 0 spiro atoms. The quantitative estimate of drug-likeness (QED) is 0.421. The van der Waals surface area contributed by atoms with E-state index in [1.54, 1.807) is 41.5 Å². The molecular weight excluding hydrogens is 480 g/mol. The number of methoxy groups -OCH3 is 1. The second kappa shape index (κ2) is 11.2. The number of hydrogen-bond acceptors (Lipinski definition) is 6. The smallest absolute Gasteiger partial charge is 0.264 e. The van der Waals surface area contributed by atoms with Gasteiger partial charge in [-0.05, 0) is 59.1 Å². The van der Waals surface area contributed by atoms with Gasteiger partial charge < -0.3 is 19.3 Å². The van der Waals surface area contributed by atoms with E-state index < -0.39 is 0 Å². The predicted molar refractivity (Wildman–Crippen MR) is 132 cm³/mol. The Morgan fingerprint density at radius 2 is 1.97 bits per heavy atom. The highest BCUT2D eigenvalue weighted by Gasteiger charge is 2.33. The van der Waals surface area contributed by atoms with Gasteiger partial charge in [0.1, 0.15) is 18.9 Å². The highest BCUT2D eigenvalue weighted by atomic mass is 35.5. The molecule has 3 aromatic rings. The lowest BCUT2D eigenvalue weighted by Gasteiger charge is -2.37. The van der Waals surface area contributed by atoms with Gasteiger partial charge in [0.15, 0.2) is 0 Å². The summed E-state index contributed by atoms with van der Waals surface area (Å²) in [6, 6.07) is 12.6. The van der Waals surface area contributed by atoms with Gasteiger partial charge in [0, 0.05) is 30.1 Å². The maximum Gasteiger partial charge on any atom is 0.264 e. The summed E-state index contributed by atoms with van der Waals surface area (Å²) in [5, 5.41) is 4.55. The molecule has 174 valence electrons. The molecule has 33 heavy (non-hydrogen) atoms. The first kappa shape index (κ1) is 23.8. The van der Waals surface area contributed by atoms with E-state index in [-0.39, 0.29) is 24.4 Å². The Labute approximate surface area is 206 Å². The Bertz CT molecular complexity index is 1070. The van der Waals surface area contributed by atoms with Crippen LogP contribution in [-0.4, -0.2) is 61.6 Å². The molecular formula is C24H25ClN2O4S2. The van der Waals surface area contributed by atoms with Crippen molar-refractivity contribution in [2.24, 2.45) is 0 Å². The monoisotopic (exact) mass is 504 g/mol. The first-order valence-corrected chi connectivity index (χ1v) is 12.8. The van der Waals surface area contributed by atoms with Crippen molar-refractivity contribution in [3.8, 4) is 5.75 Å². The number of rotatable bonds is 9. The number of carbonyl (C=O) groups excluding carboxylic acids is 2. The predicted octanol–water partition coefficient (Wildman–Crippen LogP) is 4.76. The molecule has 0 N–H and O–H groups in total. The van der Waals surface area contributed by atoms with Crippen molar-refractivity contribution in [2.45, 2.75) is 12.5 Å². The van der Waals surface area contributed by atoms with E-state index in [1.165, 1.54) is 16.2 Å². The second-order valence-electron chi connectivity index (χ2n) is 7.61. The van der Waals surface area contributed by atoms with Crippen molar-refractivity contribution in [1.82, 2.24) is 9.80 Å². The second-order valence-corrected chi connectivity index (χ2v) is 10.00. The molecule has 0 saturated heterocycles. The molecule has 2 aromatic heterocycles. The first-order valence-electron chi connectivity index (χ1n) is 10.6. The maximum absolute atomic E-state index is 13.5. The summed E-state index contributed by atoms with van der Waals surface area (Å²) in [5.41, 5.74) is 1.11. The number of thiophene rings is 2. The van der Waals surface area contributed by atoms with Crippen LogP contribution in [0.1, 0.15) is 26.2 Å². The average Bonchev–Trinajstić information content (AvgIpc) is 3.53. The van der Waals surface area contributed by atoms with E-state index in [2.05, 4.69) is 11.4 Å². The van der Waals surface area contributed by atoms with Gasteiger partial charge in [-0.2, -0.15) is 0 Å². The van der Waals surface area contributed by atoms with Crippen LogP contribution in [0.15, 0.2) is 53.2 Å². The fraction of sp³-hybridized carbons (Fsp3) is 0.333. The van der Waals surface area contributed by atoms with Crippen LogP contribution in [0.2, 0.25) is 5.02 Å². The molecule has 0 fully saturated rings. The third-order valence-corrected chi connectivity index (χ3v) is 7.65. The third-order valence-electron chi connectivity index (χ3n) is 5.55. The summed E-state index contributed by atoms with van der Waals surface area (Å²) in [5.74, 6) is 0.443. The minimum absolute atomic E-state index is 0.00297. The molecule has 6 nitrogen and oxygen atoms in total. The number of hydrogen-bond donors (Lipinski definition) is 0. The Hall–Kier alpha value is -2.39. The summed E-state index contributed by atoms with van der Waals surface area (Å²) in [4.78, 5) is 31.7. The number of halogens is 1. The third kappa shape index (κ3) is 5.76. The fourth-order valence-electron chi connectivity index (χ4n) is 3.84. The number of benzene rings is 1. The number of carbonyl (C=O) groups is 2. The lowest BCUT2D eigenvalue weighted by molar-refractivity contribution is -0.135. The number of nitrogens with zero attached hydrogens (tertiary/aromatic N) is 2. The molecule has 3 heterocycles. The van der Waals surface area contributed by atoms with Gasteiger partial charge in [-0.3, -0.25) is 9.59 Å². The lowest BCUT2D eigenvalue weighted by Crippen LogP contribution is -2.48. The Morgan fingerprint density at radius 1 is 1.15 bits per heavy atom. The van der Waals surface area contributed by atoms with E-state index in [4.69, 9.17) is 21.1 Å². The summed E-state index contributed by atoms with van der Waals surface area (Å²) in [6.45, 7) is 1.63. The van der Waals surface area contributed by atoms with Gasteiger partial charge in [-0.15, -0.1) is 22.7 Å². The van der Waals surface area contributed by atoms with Crippen LogP contribution in [0.5, 0.6) is 5.75 Å².